The summed E-state index contributed by atoms with van der Waals surface area (Å²) in [5, 5.41) is 16.7. The first kappa shape index (κ1) is 20.8. The third-order valence-corrected chi connectivity index (χ3v) is 4.67. The molecule has 0 saturated heterocycles. The second kappa shape index (κ2) is 8.95. The Morgan fingerprint density at radius 1 is 1.41 bits per heavy atom. The third-order valence-electron chi connectivity index (χ3n) is 3.69. The minimum Gasteiger partial charge on any atom is -0.355 e. The Kier molecular flexibility index (Phi) is 6.91. The van der Waals surface area contributed by atoms with Gasteiger partial charge in [0, 0.05) is 30.9 Å². The van der Waals surface area contributed by atoms with Crippen molar-refractivity contribution in [3.05, 3.63) is 29.2 Å². The fourth-order valence-electron chi connectivity index (χ4n) is 2.44. The average molecular weight is 393 g/mol. The van der Waals surface area contributed by atoms with Crippen LogP contribution in [0.1, 0.15) is 37.2 Å². The molecule has 6 nitrogen and oxygen atoms in total. The van der Waals surface area contributed by atoms with Crippen molar-refractivity contribution < 1.29 is 13.6 Å². The van der Waals surface area contributed by atoms with E-state index in [0.717, 1.165) is 11.8 Å². The number of aryl methyl sites for hydroxylation is 2. The molecule has 2 heterocycles. The SMILES string of the molecule is Cc1nn(C)cc1-c1cc(C(F)F)nc(SCC(=O)NCC(C)C)c1C#N. The van der Waals surface area contributed by atoms with Crippen LogP contribution in [0.25, 0.3) is 11.1 Å². The summed E-state index contributed by atoms with van der Waals surface area (Å²) < 4.78 is 28.2. The number of hydrogen-bond acceptors (Lipinski definition) is 5. The molecule has 2 aromatic rings. The predicted molar refractivity (Wildman–Crippen MR) is 99.4 cm³/mol. The number of aromatic nitrogens is 3. The van der Waals surface area contributed by atoms with Gasteiger partial charge in [0.2, 0.25) is 5.91 Å². The van der Waals surface area contributed by atoms with Gasteiger partial charge < -0.3 is 5.32 Å². The lowest BCUT2D eigenvalue weighted by atomic mass is 10.0. The van der Waals surface area contributed by atoms with Crippen molar-refractivity contribution in [3.63, 3.8) is 0 Å². The fourth-order valence-corrected chi connectivity index (χ4v) is 3.28. The molecule has 0 bridgehead atoms. The Balaban J connectivity index is 2.40. The maximum absolute atomic E-state index is 13.3. The molecule has 9 heteroatoms. The zero-order valence-corrected chi connectivity index (χ0v) is 16.4. The highest BCUT2D eigenvalue weighted by molar-refractivity contribution is 8.00. The van der Waals surface area contributed by atoms with E-state index in [-0.39, 0.29) is 22.2 Å². The minimum absolute atomic E-state index is 0.00739. The van der Waals surface area contributed by atoms with E-state index in [1.54, 1.807) is 24.9 Å². The molecule has 0 spiro atoms. The van der Waals surface area contributed by atoms with Gasteiger partial charge in [-0.25, -0.2) is 13.8 Å². The Morgan fingerprint density at radius 2 is 2.11 bits per heavy atom. The molecule has 0 atom stereocenters. The number of carbonyl (C=O) groups excluding carboxylic acids is 1. The molecule has 0 aliphatic heterocycles. The zero-order valence-electron chi connectivity index (χ0n) is 15.6. The second-order valence-electron chi connectivity index (χ2n) is 6.48. The number of alkyl halides is 2. The van der Waals surface area contributed by atoms with E-state index < -0.39 is 12.1 Å². The molecule has 0 radical (unpaired) electrons. The molecule has 0 aromatic carbocycles. The van der Waals surface area contributed by atoms with Crippen LogP contribution in [-0.4, -0.2) is 33.0 Å². The van der Waals surface area contributed by atoms with Crippen LogP contribution in [0.3, 0.4) is 0 Å². The first-order valence-corrected chi connectivity index (χ1v) is 9.34. The van der Waals surface area contributed by atoms with Crippen LogP contribution < -0.4 is 5.32 Å². The lowest BCUT2D eigenvalue weighted by molar-refractivity contribution is -0.118. The molecule has 27 heavy (non-hydrogen) atoms. The number of nitrogens with one attached hydrogen (secondary N) is 1. The molecule has 2 rings (SSSR count). The van der Waals surface area contributed by atoms with Crippen LogP contribution in [0.15, 0.2) is 17.3 Å². The summed E-state index contributed by atoms with van der Waals surface area (Å²) in [5.41, 5.74) is 1.28. The minimum atomic E-state index is -2.79. The van der Waals surface area contributed by atoms with Crippen molar-refractivity contribution in [1.29, 1.82) is 5.26 Å². The first-order chi connectivity index (χ1) is 12.7. The normalized spacial score (nSPS) is 11.1. The van der Waals surface area contributed by atoms with Gasteiger partial charge in [-0.2, -0.15) is 10.4 Å². The summed E-state index contributed by atoms with van der Waals surface area (Å²) in [6.45, 7) is 6.20. The molecule has 144 valence electrons. The maximum atomic E-state index is 13.3. The van der Waals surface area contributed by atoms with E-state index >= 15 is 0 Å². The fraction of sp³-hybridized carbons (Fsp3) is 0.444. The molecule has 1 amide bonds. The Hall–Kier alpha value is -2.47. The Labute approximate surface area is 161 Å². The number of nitriles is 1. The van der Waals surface area contributed by atoms with Crippen LogP contribution in [0, 0.1) is 24.2 Å². The monoisotopic (exact) mass is 393 g/mol. The smallest absolute Gasteiger partial charge is 0.280 e. The molecule has 0 fully saturated rings. The van der Waals surface area contributed by atoms with Crippen molar-refractivity contribution in [2.24, 2.45) is 13.0 Å². The van der Waals surface area contributed by atoms with Gasteiger partial charge in [-0.05, 0) is 18.9 Å². The van der Waals surface area contributed by atoms with Crippen molar-refractivity contribution in [3.8, 4) is 17.2 Å². The highest BCUT2D eigenvalue weighted by atomic mass is 32.2. The van der Waals surface area contributed by atoms with E-state index in [0.29, 0.717) is 29.3 Å². The van der Waals surface area contributed by atoms with Gasteiger partial charge in [-0.1, -0.05) is 25.6 Å². The molecule has 2 aromatic heterocycles. The van der Waals surface area contributed by atoms with Crippen molar-refractivity contribution in [2.45, 2.75) is 32.2 Å². The maximum Gasteiger partial charge on any atom is 0.280 e. The Bertz CT molecular complexity index is 873. The van der Waals surface area contributed by atoms with Gasteiger partial charge in [-0.3, -0.25) is 9.48 Å². The number of hydrogen-bond donors (Lipinski definition) is 1. The molecule has 0 aliphatic carbocycles. The summed E-state index contributed by atoms with van der Waals surface area (Å²) in [4.78, 5) is 15.9. The third kappa shape index (κ3) is 5.26. The van der Waals surface area contributed by atoms with Crippen LogP contribution in [0.5, 0.6) is 0 Å². The zero-order chi connectivity index (χ0) is 20.1. The van der Waals surface area contributed by atoms with E-state index in [9.17, 15) is 18.8 Å². The number of pyridine rings is 1. The predicted octanol–water partition coefficient (Wildman–Crippen LogP) is 3.46. The van der Waals surface area contributed by atoms with Crippen molar-refractivity contribution in [2.75, 3.05) is 12.3 Å². The number of halogens is 2. The van der Waals surface area contributed by atoms with E-state index in [4.69, 9.17) is 0 Å². The second-order valence-corrected chi connectivity index (χ2v) is 7.44. The van der Waals surface area contributed by atoms with Crippen LogP contribution in [0.2, 0.25) is 0 Å². The summed E-state index contributed by atoms with van der Waals surface area (Å²) in [6, 6.07) is 3.26. The van der Waals surface area contributed by atoms with Crippen LogP contribution in [-0.2, 0) is 11.8 Å². The number of rotatable bonds is 7. The van der Waals surface area contributed by atoms with Gasteiger partial charge in [0.15, 0.2) is 0 Å². The van der Waals surface area contributed by atoms with Crippen LogP contribution in [0.4, 0.5) is 8.78 Å². The number of carbonyl (C=O) groups is 1. The van der Waals surface area contributed by atoms with E-state index in [2.05, 4.69) is 15.4 Å². The average Bonchev–Trinajstić information content (AvgIpc) is 2.95. The van der Waals surface area contributed by atoms with Gasteiger partial charge in [0.05, 0.1) is 17.0 Å². The molecular formula is C18H21F2N5OS. The van der Waals surface area contributed by atoms with Crippen molar-refractivity contribution >= 4 is 17.7 Å². The number of thioether (sulfide) groups is 1. The molecule has 0 aliphatic rings. The van der Waals surface area contributed by atoms with Crippen LogP contribution >= 0.6 is 11.8 Å². The van der Waals surface area contributed by atoms with Gasteiger partial charge in [0.1, 0.15) is 16.8 Å². The topological polar surface area (TPSA) is 83.6 Å². The Morgan fingerprint density at radius 3 is 2.63 bits per heavy atom. The summed E-state index contributed by atoms with van der Waals surface area (Å²) in [7, 11) is 1.71. The van der Waals surface area contributed by atoms with Crippen molar-refractivity contribution in [1.82, 2.24) is 20.1 Å². The van der Waals surface area contributed by atoms with Gasteiger partial charge in [0.25, 0.3) is 6.43 Å². The number of amides is 1. The summed E-state index contributed by atoms with van der Waals surface area (Å²) in [5.74, 6) is 0.0574. The van der Waals surface area contributed by atoms with E-state index in [1.807, 2.05) is 19.9 Å². The van der Waals surface area contributed by atoms with Gasteiger partial charge in [-0.15, -0.1) is 0 Å². The standard InChI is InChI=1S/C18H21F2N5OS/c1-10(2)7-22-16(26)9-27-18-13(6-21)12(5-15(23-18)17(19)20)14-8-25(4)24-11(14)3/h5,8,10,17H,7,9H2,1-4H3,(H,22,26). The lowest BCUT2D eigenvalue weighted by Crippen LogP contribution is -2.28. The highest BCUT2D eigenvalue weighted by Crippen LogP contribution is 2.34. The highest BCUT2D eigenvalue weighted by Gasteiger charge is 2.21. The summed E-state index contributed by atoms with van der Waals surface area (Å²) in [6.07, 6.45) is -1.12. The lowest BCUT2D eigenvalue weighted by Gasteiger charge is -2.12. The van der Waals surface area contributed by atoms with Gasteiger partial charge >= 0.3 is 0 Å². The first-order valence-electron chi connectivity index (χ1n) is 8.36. The number of nitrogens with zero attached hydrogens (tertiary/aromatic N) is 4. The summed E-state index contributed by atoms with van der Waals surface area (Å²) >= 11 is 0.978. The molecular weight excluding hydrogens is 372 g/mol. The quantitative estimate of drug-likeness (QED) is 0.729. The van der Waals surface area contributed by atoms with E-state index in [1.165, 1.54) is 6.07 Å². The largest absolute Gasteiger partial charge is 0.355 e. The molecule has 1 N–H and O–H groups in total. The molecule has 0 saturated carbocycles. The molecule has 0 unspecified atom stereocenters.